The molecule has 8 heteroatoms. The number of ether oxygens (including phenoxy) is 1. The lowest BCUT2D eigenvalue weighted by Crippen LogP contribution is -2.25. The first-order valence-corrected chi connectivity index (χ1v) is 10.3. The van der Waals surface area contributed by atoms with E-state index in [2.05, 4.69) is 45.4 Å². The van der Waals surface area contributed by atoms with E-state index >= 15 is 0 Å². The molecule has 4 aromatic rings. The first-order valence-electron chi connectivity index (χ1n) is 10.3. The van der Waals surface area contributed by atoms with Crippen molar-refractivity contribution < 1.29 is 9.53 Å². The summed E-state index contributed by atoms with van der Waals surface area (Å²) in [6.45, 7) is 6.30. The number of amides is 1. The number of carbonyl (C=O) groups is 1. The van der Waals surface area contributed by atoms with Gasteiger partial charge in [0, 0.05) is 44.6 Å². The van der Waals surface area contributed by atoms with Gasteiger partial charge in [-0.15, -0.1) is 0 Å². The average molecular weight is 416 g/mol. The molecule has 1 fully saturated rings. The summed E-state index contributed by atoms with van der Waals surface area (Å²) in [6, 6.07) is 10.3. The number of benzene rings is 2. The Hall–Kier alpha value is -3.68. The molecule has 1 amide bonds. The third kappa shape index (κ3) is 3.34. The van der Waals surface area contributed by atoms with Crippen LogP contribution in [0.15, 0.2) is 41.5 Å². The van der Waals surface area contributed by atoms with Gasteiger partial charge in [0.2, 0.25) is 5.91 Å². The van der Waals surface area contributed by atoms with Crippen molar-refractivity contribution in [1.82, 2.24) is 24.9 Å². The van der Waals surface area contributed by atoms with Crippen molar-refractivity contribution in [2.75, 3.05) is 6.54 Å². The standard InChI is InChI=1S/C23H24N6O2/c1-13(16-10-22(30)25-11-16)31-21-9-15(8-19-18(21)12-28(3)26-19)14-5-6-20-17(7-14)23(24-2)27-29(20)4/h5-9,12-13,16H,2,10-11H2,1,3-4H3,(H,25,30). The van der Waals surface area contributed by atoms with Crippen LogP contribution in [0, 0.1) is 5.92 Å². The number of nitrogens with one attached hydrogen (secondary N) is 1. The summed E-state index contributed by atoms with van der Waals surface area (Å²) >= 11 is 0. The second-order valence-corrected chi connectivity index (χ2v) is 8.14. The molecule has 0 radical (unpaired) electrons. The number of aryl methyl sites for hydroxylation is 2. The van der Waals surface area contributed by atoms with Gasteiger partial charge in [0.25, 0.3) is 0 Å². The van der Waals surface area contributed by atoms with Gasteiger partial charge in [0.1, 0.15) is 11.9 Å². The minimum Gasteiger partial charge on any atom is -0.490 e. The van der Waals surface area contributed by atoms with Gasteiger partial charge in [0.05, 0.1) is 16.4 Å². The van der Waals surface area contributed by atoms with Crippen LogP contribution in [0.1, 0.15) is 13.3 Å². The first-order chi connectivity index (χ1) is 14.9. The smallest absolute Gasteiger partial charge is 0.220 e. The summed E-state index contributed by atoms with van der Waals surface area (Å²) in [4.78, 5) is 15.7. The Morgan fingerprint density at radius 1 is 1.19 bits per heavy atom. The van der Waals surface area contributed by atoms with Crippen LogP contribution in [0.3, 0.4) is 0 Å². The molecule has 0 saturated carbocycles. The van der Waals surface area contributed by atoms with Crippen LogP contribution in [0.5, 0.6) is 5.75 Å². The summed E-state index contributed by atoms with van der Waals surface area (Å²) < 4.78 is 9.97. The lowest BCUT2D eigenvalue weighted by molar-refractivity contribution is -0.119. The minimum absolute atomic E-state index is 0.0807. The Morgan fingerprint density at radius 3 is 2.77 bits per heavy atom. The molecule has 5 rings (SSSR count). The van der Waals surface area contributed by atoms with Crippen molar-refractivity contribution in [3.05, 3.63) is 36.5 Å². The Morgan fingerprint density at radius 2 is 2.03 bits per heavy atom. The fourth-order valence-corrected chi connectivity index (χ4v) is 4.27. The van der Waals surface area contributed by atoms with Gasteiger partial charge >= 0.3 is 0 Å². The molecule has 1 aliphatic heterocycles. The maximum absolute atomic E-state index is 11.6. The van der Waals surface area contributed by atoms with Crippen molar-refractivity contribution in [3.8, 4) is 16.9 Å². The molecule has 1 saturated heterocycles. The quantitative estimate of drug-likeness (QED) is 0.506. The van der Waals surface area contributed by atoms with Gasteiger partial charge in [0.15, 0.2) is 5.82 Å². The van der Waals surface area contributed by atoms with Gasteiger partial charge in [-0.05, 0) is 49.0 Å². The van der Waals surface area contributed by atoms with Crippen molar-refractivity contribution in [1.29, 1.82) is 0 Å². The van der Waals surface area contributed by atoms with Gasteiger partial charge in [-0.3, -0.25) is 14.2 Å². The number of hydrogen-bond donors (Lipinski definition) is 1. The van der Waals surface area contributed by atoms with Crippen molar-refractivity contribution in [2.45, 2.75) is 19.4 Å². The van der Waals surface area contributed by atoms with Gasteiger partial charge in [-0.25, -0.2) is 4.99 Å². The molecule has 158 valence electrons. The molecule has 3 heterocycles. The van der Waals surface area contributed by atoms with Crippen LogP contribution in [0.2, 0.25) is 0 Å². The molecule has 0 spiro atoms. The van der Waals surface area contributed by atoms with E-state index in [1.807, 2.05) is 39.3 Å². The Labute approximate surface area is 179 Å². The van der Waals surface area contributed by atoms with Crippen molar-refractivity contribution in [3.63, 3.8) is 0 Å². The van der Waals surface area contributed by atoms with E-state index in [9.17, 15) is 4.79 Å². The Bertz CT molecular complexity index is 1340. The van der Waals surface area contributed by atoms with Gasteiger partial charge < -0.3 is 10.1 Å². The third-order valence-electron chi connectivity index (χ3n) is 6.00. The van der Waals surface area contributed by atoms with Crippen molar-refractivity contribution >= 4 is 40.2 Å². The number of hydrogen-bond acceptors (Lipinski definition) is 5. The van der Waals surface area contributed by atoms with Crippen LogP contribution in [-0.2, 0) is 18.9 Å². The molecule has 1 N–H and O–H groups in total. The zero-order valence-electron chi connectivity index (χ0n) is 17.8. The number of rotatable bonds is 5. The minimum atomic E-state index is -0.102. The van der Waals surface area contributed by atoms with Crippen LogP contribution < -0.4 is 10.1 Å². The fraction of sp³-hybridized carbons (Fsp3) is 0.304. The molecule has 2 aromatic carbocycles. The lowest BCUT2D eigenvalue weighted by Gasteiger charge is -2.20. The third-order valence-corrected chi connectivity index (χ3v) is 6.00. The molecule has 0 bridgehead atoms. The van der Waals surface area contributed by atoms with E-state index in [4.69, 9.17) is 4.74 Å². The van der Waals surface area contributed by atoms with Gasteiger partial charge in [-0.2, -0.15) is 10.2 Å². The highest BCUT2D eigenvalue weighted by atomic mass is 16.5. The Kier molecular flexibility index (Phi) is 4.50. The Balaban J connectivity index is 1.59. The number of aromatic nitrogens is 4. The molecule has 2 atom stereocenters. The molecule has 2 aromatic heterocycles. The van der Waals surface area contributed by atoms with E-state index in [1.54, 1.807) is 9.36 Å². The van der Waals surface area contributed by atoms with Gasteiger partial charge in [-0.1, -0.05) is 6.07 Å². The fourth-order valence-electron chi connectivity index (χ4n) is 4.27. The lowest BCUT2D eigenvalue weighted by atomic mass is 10.0. The predicted molar refractivity (Wildman–Crippen MR) is 121 cm³/mol. The maximum atomic E-state index is 11.6. The van der Waals surface area contributed by atoms with E-state index in [0.717, 1.165) is 38.7 Å². The highest BCUT2D eigenvalue weighted by Gasteiger charge is 2.28. The zero-order valence-corrected chi connectivity index (χ0v) is 17.8. The van der Waals surface area contributed by atoms with E-state index in [0.29, 0.717) is 18.8 Å². The van der Waals surface area contributed by atoms with E-state index in [1.165, 1.54) is 0 Å². The second-order valence-electron chi connectivity index (χ2n) is 8.14. The zero-order chi connectivity index (χ0) is 21.7. The number of carbonyl (C=O) groups excluding carboxylic acids is 1. The normalized spacial score (nSPS) is 17.3. The topological polar surface area (TPSA) is 86.3 Å². The van der Waals surface area contributed by atoms with Crippen LogP contribution >= 0.6 is 0 Å². The van der Waals surface area contributed by atoms with Crippen LogP contribution in [0.4, 0.5) is 5.82 Å². The van der Waals surface area contributed by atoms with Crippen LogP contribution in [-0.4, -0.2) is 44.8 Å². The molecule has 31 heavy (non-hydrogen) atoms. The summed E-state index contributed by atoms with van der Waals surface area (Å²) in [5.41, 5.74) is 3.87. The largest absolute Gasteiger partial charge is 0.490 e. The van der Waals surface area contributed by atoms with Crippen LogP contribution in [0.25, 0.3) is 32.9 Å². The predicted octanol–water partition coefficient (Wildman–Crippen LogP) is 3.36. The summed E-state index contributed by atoms with van der Waals surface area (Å²) in [5, 5.41) is 13.8. The molecular formula is C23H24N6O2. The highest BCUT2D eigenvalue weighted by Crippen LogP contribution is 2.36. The number of fused-ring (bicyclic) bond motifs is 2. The first kappa shape index (κ1) is 19.3. The molecular weight excluding hydrogens is 392 g/mol. The second kappa shape index (κ2) is 7.23. The SMILES string of the molecule is C=Nc1nn(C)c2ccc(-c3cc(OC(C)C4CNC(=O)C4)c4cn(C)nc4c3)cc12. The summed E-state index contributed by atoms with van der Waals surface area (Å²) in [7, 11) is 3.79. The summed E-state index contributed by atoms with van der Waals surface area (Å²) in [5.74, 6) is 1.61. The highest BCUT2D eigenvalue weighted by molar-refractivity contribution is 5.95. The maximum Gasteiger partial charge on any atom is 0.220 e. The van der Waals surface area contributed by atoms with E-state index < -0.39 is 0 Å². The average Bonchev–Trinajstić information content (AvgIpc) is 3.44. The molecule has 2 unspecified atom stereocenters. The molecule has 1 aliphatic rings. The summed E-state index contributed by atoms with van der Waals surface area (Å²) in [6.07, 6.45) is 2.35. The molecule has 0 aliphatic carbocycles. The number of nitrogens with zero attached hydrogens (tertiary/aromatic N) is 5. The van der Waals surface area contributed by atoms with Crippen molar-refractivity contribution in [2.24, 2.45) is 25.0 Å². The number of aliphatic imine (C=N–C) groups is 1. The van der Waals surface area contributed by atoms with E-state index in [-0.39, 0.29) is 17.9 Å². The monoisotopic (exact) mass is 416 g/mol. The molecule has 8 nitrogen and oxygen atoms in total.